The van der Waals surface area contributed by atoms with Crippen LogP contribution in [0.1, 0.15) is 44.6 Å². The first-order valence-electron chi connectivity index (χ1n) is 6.82. The van der Waals surface area contributed by atoms with Gasteiger partial charge in [-0.05, 0) is 49.8 Å². The molecule has 0 bridgehead atoms. The van der Waals surface area contributed by atoms with Gasteiger partial charge in [0.15, 0.2) is 0 Å². The van der Waals surface area contributed by atoms with Crippen LogP contribution in [0.2, 0.25) is 0 Å². The Morgan fingerprint density at radius 3 is 2.44 bits per heavy atom. The molecule has 0 aliphatic heterocycles. The summed E-state index contributed by atoms with van der Waals surface area (Å²) in [6.45, 7) is 2.77. The summed E-state index contributed by atoms with van der Waals surface area (Å²) in [5.74, 6) is 0.816. The van der Waals surface area contributed by atoms with E-state index in [4.69, 9.17) is 10.5 Å². The number of nitrogens with two attached hydrogens (primary N) is 1. The average molecular weight is 251 g/mol. The van der Waals surface area contributed by atoms with Gasteiger partial charge in [-0.3, -0.25) is 0 Å². The van der Waals surface area contributed by atoms with Crippen molar-refractivity contribution in [2.75, 3.05) is 6.61 Å². The Bertz CT molecular complexity index is 369. The quantitative estimate of drug-likeness (QED) is 0.888. The number of halogens is 1. The summed E-state index contributed by atoms with van der Waals surface area (Å²) in [5.41, 5.74) is 5.39. The third-order valence-corrected chi connectivity index (χ3v) is 3.67. The highest BCUT2D eigenvalue weighted by Crippen LogP contribution is 2.40. The Hall–Kier alpha value is -1.09. The van der Waals surface area contributed by atoms with Gasteiger partial charge in [0.1, 0.15) is 11.4 Å². The molecule has 0 unspecified atom stereocenters. The molecule has 1 saturated carbocycles. The van der Waals surface area contributed by atoms with Crippen molar-refractivity contribution >= 4 is 0 Å². The second-order valence-corrected chi connectivity index (χ2v) is 5.18. The maximum absolute atomic E-state index is 14.8. The lowest BCUT2D eigenvalue weighted by Gasteiger charge is -2.32. The van der Waals surface area contributed by atoms with Crippen molar-refractivity contribution in [3.05, 3.63) is 29.8 Å². The van der Waals surface area contributed by atoms with E-state index in [0.29, 0.717) is 19.4 Å². The smallest absolute Gasteiger partial charge is 0.136 e. The van der Waals surface area contributed by atoms with Gasteiger partial charge in [-0.15, -0.1) is 0 Å². The van der Waals surface area contributed by atoms with Crippen LogP contribution in [0.25, 0.3) is 0 Å². The molecule has 1 aliphatic rings. The highest BCUT2D eigenvalue weighted by molar-refractivity contribution is 5.31. The fourth-order valence-electron chi connectivity index (χ4n) is 2.46. The Labute approximate surface area is 108 Å². The fraction of sp³-hybridized carbons (Fsp3) is 0.600. The second-order valence-electron chi connectivity index (χ2n) is 5.18. The minimum atomic E-state index is -1.20. The SMILES string of the molecule is CCCOc1ccc(C2(F)CCC(N)CC2)cc1. The zero-order valence-electron chi connectivity index (χ0n) is 11.0. The lowest BCUT2D eigenvalue weighted by Crippen LogP contribution is -2.33. The summed E-state index contributed by atoms with van der Waals surface area (Å²) in [5, 5.41) is 0. The van der Waals surface area contributed by atoms with Crippen LogP contribution >= 0.6 is 0 Å². The number of alkyl halides is 1. The van der Waals surface area contributed by atoms with Crippen LogP contribution in [0.3, 0.4) is 0 Å². The number of ether oxygens (including phenoxy) is 1. The van der Waals surface area contributed by atoms with Crippen molar-refractivity contribution in [2.45, 2.75) is 50.7 Å². The molecule has 2 nitrogen and oxygen atoms in total. The van der Waals surface area contributed by atoms with Crippen LogP contribution < -0.4 is 10.5 Å². The van der Waals surface area contributed by atoms with Crippen molar-refractivity contribution in [3.63, 3.8) is 0 Å². The van der Waals surface area contributed by atoms with Crippen LogP contribution in [0.15, 0.2) is 24.3 Å². The predicted molar refractivity (Wildman–Crippen MR) is 71.5 cm³/mol. The average Bonchev–Trinajstić information content (AvgIpc) is 2.40. The first-order valence-corrected chi connectivity index (χ1v) is 6.82. The van der Waals surface area contributed by atoms with E-state index in [1.807, 2.05) is 24.3 Å². The summed E-state index contributed by atoms with van der Waals surface area (Å²) >= 11 is 0. The topological polar surface area (TPSA) is 35.2 Å². The highest BCUT2D eigenvalue weighted by atomic mass is 19.1. The Morgan fingerprint density at radius 2 is 1.89 bits per heavy atom. The van der Waals surface area contributed by atoms with E-state index < -0.39 is 5.67 Å². The van der Waals surface area contributed by atoms with Crippen molar-refractivity contribution in [1.82, 2.24) is 0 Å². The predicted octanol–water partition coefficient (Wildman–Crippen LogP) is 3.54. The van der Waals surface area contributed by atoms with Gasteiger partial charge in [-0.1, -0.05) is 19.1 Å². The molecule has 0 spiro atoms. The number of rotatable bonds is 4. The lowest BCUT2D eigenvalue weighted by molar-refractivity contribution is 0.0978. The van der Waals surface area contributed by atoms with Crippen LogP contribution in [0.5, 0.6) is 5.75 Å². The zero-order valence-corrected chi connectivity index (χ0v) is 11.0. The molecule has 2 rings (SSSR count). The maximum Gasteiger partial charge on any atom is 0.136 e. The van der Waals surface area contributed by atoms with Gasteiger partial charge >= 0.3 is 0 Å². The molecule has 1 aromatic carbocycles. The van der Waals surface area contributed by atoms with Crippen LogP contribution in [-0.2, 0) is 5.67 Å². The first kappa shape index (κ1) is 13.3. The molecular weight excluding hydrogens is 229 g/mol. The molecule has 18 heavy (non-hydrogen) atoms. The van der Waals surface area contributed by atoms with Gasteiger partial charge in [-0.25, -0.2) is 4.39 Å². The number of hydrogen-bond acceptors (Lipinski definition) is 2. The van der Waals surface area contributed by atoms with E-state index in [9.17, 15) is 4.39 Å². The van der Waals surface area contributed by atoms with Gasteiger partial charge in [0.2, 0.25) is 0 Å². The van der Waals surface area contributed by atoms with E-state index in [-0.39, 0.29) is 6.04 Å². The van der Waals surface area contributed by atoms with Crippen molar-refractivity contribution in [2.24, 2.45) is 5.73 Å². The van der Waals surface area contributed by atoms with Crippen LogP contribution in [-0.4, -0.2) is 12.6 Å². The summed E-state index contributed by atoms with van der Waals surface area (Å²) in [6.07, 6.45) is 3.58. The molecule has 3 heteroatoms. The minimum Gasteiger partial charge on any atom is -0.494 e. The standard InChI is InChI=1S/C15H22FNO/c1-2-11-18-14-5-3-12(4-6-14)15(16)9-7-13(17)8-10-15/h3-6,13H,2,7-11,17H2,1H3. The summed E-state index contributed by atoms with van der Waals surface area (Å²) in [6, 6.07) is 7.59. The van der Waals surface area contributed by atoms with E-state index in [1.165, 1.54) is 0 Å². The summed E-state index contributed by atoms with van der Waals surface area (Å²) in [7, 11) is 0. The Morgan fingerprint density at radius 1 is 1.28 bits per heavy atom. The molecule has 2 N–H and O–H groups in total. The molecule has 0 aromatic heterocycles. The van der Waals surface area contributed by atoms with Gasteiger partial charge in [0, 0.05) is 6.04 Å². The number of hydrogen-bond donors (Lipinski definition) is 1. The van der Waals surface area contributed by atoms with Crippen LogP contribution in [0, 0.1) is 0 Å². The van der Waals surface area contributed by atoms with Gasteiger partial charge in [0.25, 0.3) is 0 Å². The molecule has 1 aliphatic carbocycles. The maximum atomic E-state index is 14.8. The molecule has 0 radical (unpaired) electrons. The van der Waals surface area contributed by atoms with Crippen molar-refractivity contribution in [3.8, 4) is 5.75 Å². The second kappa shape index (κ2) is 5.70. The third-order valence-electron chi connectivity index (χ3n) is 3.67. The molecule has 0 amide bonds. The first-order chi connectivity index (χ1) is 8.64. The molecule has 0 heterocycles. The molecule has 0 saturated heterocycles. The molecular formula is C15H22FNO. The lowest BCUT2D eigenvalue weighted by atomic mass is 9.79. The molecule has 1 aromatic rings. The Balaban J connectivity index is 2.04. The monoisotopic (exact) mass is 251 g/mol. The Kier molecular flexibility index (Phi) is 4.23. The minimum absolute atomic E-state index is 0.168. The van der Waals surface area contributed by atoms with E-state index in [1.54, 1.807) is 0 Å². The highest BCUT2D eigenvalue weighted by Gasteiger charge is 2.35. The largest absolute Gasteiger partial charge is 0.494 e. The van der Waals surface area contributed by atoms with Crippen molar-refractivity contribution in [1.29, 1.82) is 0 Å². The van der Waals surface area contributed by atoms with Gasteiger partial charge < -0.3 is 10.5 Å². The van der Waals surface area contributed by atoms with Gasteiger partial charge in [-0.2, -0.15) is 0 Å². The van der Waals surface area contributed by atoms with E-state index in [0.717, 1.165) is 30.6 Å². The van der Waals surface area contributed by atoms with Gasteiger partial charge in [0.05, 0.1) is 6.61 Å². The summed E-state index contributed by atoms with van der Waals surface area (Å²) < 4.78 is 20.3. The molecule has 0 atom stereocenters. The number of benzene rings is 1. The van der Waals surface area contributed by atoms with Crippen LogP contribution in [0.4, 0.5) is 4.39 Å². The van der Waals surface area contributed by atoms with E-state index in [2.05, 4.69) is 6.92 Å². The molecule has 100 valence electrons. The van der Waals surface area contributed by atoms with Crippen molar-refractivity contribution < 1.29 is 9.13 Å². The molecule has 1 fully saturated rings. The zero-order chi connectivity index (χ0) is 13.0. The fourth-order valence-corrected chi connectivity index (χ4v) is 2.46. The van der Waals surface area contributed by atoms with E-state index >= 15 is 0 Å². The third kappa shape index (κ3) is 3.02. The summed E-state index contributed by atoms with van der Waals surface area (Å²) in [4.78, 5) is 0. The normalized spacial score (nSPS) is 28.1.